The Morgan fingerprint density at radius 3 is 2.42 bits per heavy atom. The Hall–Kier alpha value is -2.02. The summed E-state index contributed by atoms with van der Waals surface area (Å²) in [5, 5.41) is 0.884. The first kappa shape index (κ1) is 20.3. The normalized spacial score (nSPS) is 11.5. The fraction of sp³-hybridized carbons (Fsp3) is 0.167. The quantitative estimate of drug-likeness (QED) is 0.727. The third-order valence-electron chi connectivity index (χ3n) is 3.45. The van der Waals surface area contributed by atoms with Crippen LogP contribution in [0.5, 0.6) is 0 Å². The van der Waals surface area contributed by atoms with Crippen molar-refractivity contribution in [1.82, 2.24) is 4.90 Å². The first-order chi connectivity index (χ1) is 12.2. The third-order valence-corrected chi connectivity index (χ3v) is 4.91. The fourth-order valence-electron chi connectivity index (χ4n) is 2.18. The van der Waals surface area contributed by atoms with Crippen LogP contribution in [0.2, 0.25) is 10.0 Å². The standard InChI is InChI=1S/C18H18Cl2N2O3S/c1-22(12-14-4-3-5-16(19)18(14)20)17(23)11-8-13-6-9-15(10-7-13)21-26(2,24)25/h3-11,21H,12H2,1-2H3/b11-8+. The molecule has 0 saturated heterocycles. The highest BCUT2D eigenvalue weighted by Crippen LogP contribution is 2.26. The predicted molar refractivity (Wildman–Crippen MR) is 107 cm³/mol. The summed E-state index contributed by atoms with van der Waals surface area (Å²) in [5.41, 5.74) is 2.00. The molecule has 5 nitrogen and oxygen atoms in total. The van der Waals surface area contributed by atoms with Gasteiger partial charge >= 0.3 is 0 Å². The van der Waals surface area contributed by atoms with Gasteiger partial charge in [0.15, 0.2) is 0 Å². The van der Waals surface area contributed by atoms with Crippen molar-refractivity contribution in [2.45, 2.75) is 6.54 Å². The molecule has 0 aliphatic rings. The largest absolute Gasteiger partial charge is 0.338 e. The number of sulfonamides is 1. The number of likely N-dealkylation sites (N-methyl/N-ethyl adjacent to an activating group) is 1. The molecular weight excluding hydrogens is 395 g/mol. The number of carbonyl (C=O) groups is 1. The second-order valence-electron chi connectivity index (χ2n) is 5.74. The molecule has 2 rings (SSSR count). The summed E-state index contributed by atoms with van der Waals surface area (Å²) in [7, 11) is -1.64. The van der Waals surface area contributed by atoms with E-state index in [1.54, 1.807) is 49.5 Å². The fourth-order valence-corrected chi connectivity index (χ4v) is 3.12. The zero-order chi connectivity index (χ0) is 19.3. The Morgan fingerprint density at radius 1 is 1.15 bits per heavy atom. The lowest BCUT2D eigenvalue weighted by molar-refractivity contribution is -0.125. The summed E-state index contributed by atoms with van der Waals surface area (Å²) in [4.78, 5) is 13.8. The minimum atomic E-state index is -3.31. The number of hydrogen-bond donors (Lipinski definition) is 1. The maximum absolute atomic E-state index is 12.2. The lowest BCUT2D eigenvalue weighted by Gasteiger charge is -2.16. The smallest absolute Gasteiger partial charge is 0.246 e. The van der Waals surface area contributed by atoms with Gasteiger partial charge in [-0.1, -0.05) is 47.5 Å². The van der Waals surface area contributed by atoms with Crippen molar-refractivity contribution >= 4 is 50.9 Å². The van der Waals surface area contributed by atoms with Crippen molar-refractivity contribution in [2.24, 2.45) is 0 Å². The van der Waals surface area contributed by atoms with Gasteiger partial charge in [-0.15, -0.1) is 0 Å². The number of rotatable bonds is 6. The van der Waals surface area contributed by atoms with Crippen LogP contribution in [0.4, 0.5) is 5.69 Å². The van der Waals surface area contributed by atoms with Gasteiger partial charge in [0.1, 0.15) is 0 Å². The number of nitrogens with one attached hydrogen (secondary N) is 1. The summed E-state index contributed by atoms with van der Waals surface area (Å²) >= 11 is 12.1. The molecule has 0 heterocycles. The molecule has 0 radical (unpaired) electrons. The minimum Gasteiger partial charge on any atom is -0.338 e. The maximum atomic E-state index is 12.2. The molecule has 1 amide bonds. The molecule has 138 valence electrons. The van der Waals surface area contributed by atoms with Crippen molar-refractivity contribution < 1.29 is 13.2 Å². The number of hydrogen-bond acceptors (Lipinski definition) is 3. The van der Waals surface area contributed by atoms with E-state index in [1.807, 2.05) is 6.07 Å². The molecular formula is C18H18Cl2N2O3S. The predicted octanol–water partition coefficient (Wildman–Crippen LogP) is 4.04. The number of halogens is 2. The number of anilines is 1. The SMILES string of the molecule is CN(Cc1cccc(Cl)c1Cl)C(=O)/C=C/c1ccc(NS(C)(=O)=O)cc1. The molecule has 2 aromatic rings. The molecule has 0 bridgehead atoms. The van der Waals surface area contributed by atoms with Gasteiger partial charge < -0.3 is 4.90 Å². The summed E-state index contributed by atoms with van der Waals surface area (Å²) in [6.45, 7) is 0.333. The highest BCUT2D eigenvalue weighted by molar-refractivity contribution is 7.92. The second-order valence-corrected chi connectivity index (χ2v) is 8.27. The van der Waals surface area contributed by atoms with E-state index in [0.29, 0.717) is 22.3 Å². The van der Waals surface area contributed by atoms with Crippen LogP contribution in [0, 0.1) is 0 Å². The van der Waals surface area contributed by atoms with E-state index in [-0.39, 0.29) is 5.91 Å². The van der Waals surface area contributed by atoms with Crippen molar-refractivity contribution in [3.8, 4) is 0 Å². The Morgan fingerprint density at radius 2 is 1.81 bits per heavy atom. The molecule has 0 aromatic heterocycles. The van der Waals surface area contributed by atoms with Gasteiger partial charge in [-0.05, 0) is 35.4 Å². The summed E-state index contributed by atoms with van der Waals surface area (Å²) in [6.07, 6.45) is 4.18. The number of carbonyl (C=O) groups excluding carboxylic acids is 1. The molecule has 0 unspecified atom stereocenters. The van der Waals surface area contributed by atoms with Gasteiger partial charge in [-0.2, -0.15) is 0 Å². The van der Waals surface area contributed by atoms with Crippen molar-refractivity contribution in [1.29, 1.82) is 0 Å². The molecule has 8 heteroatoms. The molecule has 0 atom stereocenters. The molecule has 0 spiro atoms. The Labute approximate surface area is 163 Å². The first-order valence-corrected chi connectivity index (χ1v) is 10.2. The molecule has 1 N–H and O–H groups in total. The number of benzene rings is 2. The van der Waals surface area contributed by atoms with Crippen molar-refractivity contribution in [3.05, 3.63) is 69.7 Å². The number of amides is 1. The van der Waals surface area contributed by atoms with E-state index in [2.05, 4.69) is 4.72 Å². The molecule has 0 aliphatic carbocycles. The number of nitrogens with zero attached hydrogens (tertiary/aromatic N) is 1. The average molecular weight is 413 g/mol. The molecule has 2 aromatic carbocycles. The maximum Gasteiger partial charge on any atom is 0.246 e. The molecule has 0 aliphatic heterocycles. The van der Waals surface area contributed by atoms with Crippen LogP contribution in [-0.4, -0.2) is 32.5 Å². The van der Waals surface area contributed by atoms with Gasteiger partial charge in [-0.25, -0.2) is 8.42 Å². The lowest BCUT2D eigenvalue weighted by Crippen LogP contribution is -2.24. The van der Waals surface area contributed by atoms with Crippen molar-refractivity contribution in [2.75, 3.05) is 18.0 Å². The van der Waals surface area contributed by atoms with E-state index in [1.165, 1.54) is 11.0 Å². The molecule has 0 saturated carbocycles. The van der Waals surface area contributed by atoms with Gasteiger partial charge in [0.05, 0.1) is 16.3 Å². The van der Waals surface area contributed by atoms with Crippen LogP contribution < -0.4 is 4.72 Å². The monoisotopic (exact) mass is 412 g/mol. The van der Waals surface area contributed by atoms with Crippen LogP contribution in [-0.2, 0) is 21.4 Å². The van der Waals surface area contributed by atoms with Crippen LogP contribution in [0.3, 0.4) is 0 Å². The lowest BCUT2D eigenvalue weighted by atomic mass is 10.2. The second kappa shape index (κ2) is 8.58. The average Bonchev–Trinajstić information content (AvgIpc) is 2.56. The Bertz CT molecular complexity index is 926. The zero-order valence-electron chi connectivity index (χ0n) is 14.2. The highest BCUT2D eigenvalue weighted by Gasteiger charge is 2.10. The summed E-state index contributed by atoms with van der Waals surface area (Å²) in [6, 6.07) is 12.0. The van der Waals surface area contributed by atoms with E-state index >= 15 is 0 Å². The minimum absolute atomic E-state index is 0.195. The van der Waals surface area contributed by atoms with Crippen LogP contribution >= 0.6 is 23.2 Å². The van der Waals surface area contributed by atoms with Gasteiger partial charge in [-0.3, -0.25) is 9.52 Å². The third kappa shape index (κ3) is 6.05. The summed E-state index contributed by atoms with van der Waals surface area (Å²) in [5.74, 6) is -0.195. The highest BCUT2D eigenvalue weighted by atomic mass is 35.5. The van der Waals surface area contributed by atoms with Crippen LogP contribution in [0.1, 0.15) is 11.1 Å². The Balaban J connectivity index is 2.01. The zero-order valence-corrected chi connectivity index (χ0v) is 16.6. The molecule has 26 heavy (non-hydrogen) atoms. The van der Waals surface area contributed by atoms with Crippen molar-refractivity contribution in [3.63, 3.8) is 0 Å². The van der Waals surface area contributed by atoms with E-state index in [0.717, 1.165) is 17.4 Å². The van der Waals surface area contributed by atoms with Gasteiger partial charge in [0.25, 0.3) is 0 Å². The molecule has 0 fully saturated rings. The van der Waals surface area contributed by atoms with E-state index in [4.69, 9.17) is 23.2 Å². The van der Waals surface area contributed by atoms with E-state index < -0.39 is 10.0 Å². The topological polar surface area (TPSA) is 66.5 Å². The van der Waals surface area contributed by atoms with Gasteiger partial charge in [0.2, 0.25) is 15.9 Å². The van der Waals surface area contributed by atoms with Gasteiger partial charge in [0, 0.05) is 25.4 Å². The van der Waals surface area contributed by atoms with E-state index in [9.17, 15) is 13.2 Å². The van der Waals surface area contributed by atoms with Crippen LogP contribution in [0.15, 0.2) is 48.5 Å². The van der Waals surface area contributed by atoms with Crippen LogP contribution in [0.25, 0.3) is 6.08 Å². The Kier molecular flexibility index (Phi) is 6.69. The summed E-state index contributed by atoms with van der Waals surface area (Å²) < 4.78 is 24.7. The first-order valence-electron chi connectivity index (χ1n) is 7.59.